The first-order chi connectivity index (χ1) is 12.4. The lowest BCUT2D eigenvalue weighted by Crippen LogP contribution is -2.10. The Morgan fingerprint density at radius 3 is 2.42 bits per heavy atom. The number of ether oxygens (including phenoxy) is 2. The van der Waals surface area contributed by atoms with Crippen molar-refractivity contribution < 1.29 is 14.3 Å². The van der Waals surface area contributed by atoms with Gasteiger partial charge in [-0.3, -0.25) is 4.79 Å². The minimum Gasteiger partial charge on any atom is -0.461 e. The third-order valence-electron chi connectivity index (χ3n) is 5.29. The van der Waals surface area contributed by atoms with Gasteiger partial charge in [-0.15, -0.1) is 0 Å². The van der Waals surface area contributed by atoms with Crippen LogP contribution in [0.2, 0.25) is 0 Å². The summed E-state index contributed by atoms with van der Waals surface area (Å²) in [5, 5.41) is 0. The smallest absolute Gasteiger partial charge is 0.310 e. The van der Waals surface area contributed by atoms with Crippen LogP contribution in [0.3, 0.4) is 0 Å². The molecule has 2 aromatic rings. The fourth-order valence-corrected chi connectivity index (χ4v) is 3.67. The van der Waals surface area contributed by atoms with E-state index >= 15 is 0 Å². The summed E-state index contributed by atoms with van der Waals surface area (Å²) in [6.45, 7) is 8.63. The van der Waals surface area contributed by atoms with Crippen molar-refractivity contribution >= 4 is 5.97 Å². The Kier molecular flexibility index (Phi) is 5.17. The van der Waals surface area contributed by atoms with Gasteiger partial charge in [-0.05, 0) is 55.0 Å². The van der Waals surface area contributed by atoms with E-state index in [-0.39, 0.29) is 29.8 Å². The summed E-state index contributed by atoms with van der Waals surface area (Å²) in [7, 11) is 0. The summed E-state index contributed by atoms with van der Waals surface area (Å²) >= 11 is 0. The number of esters is 1. The Morgan fingerprint density at radius 1 is 1.04 bits per heavy atom. The zero-order chi connectivity index (χ0) is 18.7. The van der Waals surface area contributed by atoms with Crippen molar-refractivity contribution in [3.8, 4) is 11.5 Å². The first-order valence-corrected chi connectivity index (χ1v) is 9.04. The molecule has 3 heteroatoms. The summed E-state index contributed by atoms with van der Waals surface area (Å²) < 4.78 is 11.4. The minimum absolute atomic E-state index is 0.0219. The molecule has 0 amide bonds. The lowest BCUT2D eigenvalue weighted by atomic mass is 10.0. The Bertz CT molecular complexity index is 805. The highest BCUT2D eigenvalue weighted by Crippen LogP contribution is 2.62. The van der Waals surface area contributed by atoms with E-state index in [1.807, 2.05) is 61.5 Å². The largest absolute Gasteiger partial charge is 0.461 e. The van der Waals surface area contributed by atoms with Gasteiger partial charge in [0.15, 0.2) is 0 Å². The highest BCUT2D eigenvalue weighted by molar-refractivity contribution is 5.78. The van der Waals surface area contributed by atoms with E-state index in [0.717, 1.165) is 17.1 Å². The molecular weight excluding hydrogens is 324 g/mol. The van der Waals surface area contributed by atoms with E-state index in [1.165, 1.54) is 5.57 Å². The zero-order valence-electron chi connectivity index (χ0n) is 15.9. The maximum Gasteiger partial charge on any atom is 0.310 e. The maximum absolute atomic E-state index is 12.5. The van der Waals surface area contributed by atoms with E-state index in [4.69, 9.17) is 9.47 Å². The molecule has 0 bridgehead atoms. The average Bonchev–Trinajstić information content (AvgIpc) is 3.22. The standard InChI is InChI=1S/C23H26O3/c1-5-16(2)20-21(23(20,3)4)22(24)25-15-17-10-9-13-19(14-17)26-18-11-7-6-8-12-18/h5-14,20-21H,15H2,1-4H3. The molecule has 3 rings (SSSR count). The summed E-state index contributed by atoms with van der Waals surface area (Å²) in [6.07, 6.45) is 2.09. The molecule has 2 aromatic carbocycles. The molecule has 0 N–H and O–H groups in total. The van der Waals surface area contributed by atoms with E-state index in [2.05, 4.69) is 26.8 Å². The Hall–Kier alpha value is -2.55. The molecular formula is C23H26O3. The minimum atomic E-state index is -0.115. The molecule has 1 saturated carbocycles. The number of hydrogen-bond acceptors (Lipinski definition) is 3. The third kappa shape index (κ3) is 3.82. The van der Waals surface area contributed by atoms with Crippen LogP contribution in [0.25, 0.3) is 0 Å². The second-order valence-electron chi connectivity index (χ2n) is 7.48. The quantitative estimate of drug-likeness (QED) is 0.491. The van der Waals surface area contributed by atoms with Crippen LogP contribution >= 0.6 is 0 Å². The van der Waals surface area contributed by atoms with Gasteiger partial charge in [0.05, 0.1) is 5.92 Å². The number of rotatable bonds is 6. The van der Waals surface area contributed by atoms with Gasteiger partial charge in [0.25, 0.3) is 0 Å². The average molecular weight is 350 g/mol. The van der Waals surface area contributed by atoms with Crippen molar-refractivity contribution in [2.24, 2.45) is 17.3 Å². The van der Waals surface area contributed by atoms with E-state index in [0.29, 0.717) is 0 Å². The number of carbonyl (C=O) groups excluding carboxylic acids is 1. The van der Waals surface area contributed by atoms with Crippen molar-refractivity contribution in [3.63, 3.8) is 0 Å². The van der Waals surface area contributed by atoms with E-state index < -0.39 is 0 Å². The topological polar surface area (TPSA) is 35.5 Å². The first-order valence-electron chi connectivity index (χ1n) is 9.04. The molecule has 1 fully saturated rings. The molecule has 3 nitrogen and oxygen atoms in total. The van der Waals surface area contributed by atoms with Crippen LogP contribution in [-0.4, -0.2) is 5.97 Å². The molecule has 1 aliphatic carbocycles. The van der Waals surface area contributed by atoms with Crippen LogP contribution < -0.4 is 4.74 Å². The van der Waals surface area contributed by atoms with Gasteiger partial charge in [-0.1, -0.05) is 55.8 Å². The first kappa shape index (κ1) is 18.2. The fourth-order valence-electron chi connectivity index (χ4n) is 3.67. The Morgan fingerprint density at radius 2 is 1.73 bits per heavy atom. The molecule has 136 valence electrons. The molecule has 2 atom stereocenters. The molecule has 0 radical (unpaired) electrons. The van der Waals surface area contributed by atoms with Crippen LogP contribution in [0, 0.1) is 17.3 Å². The maximum atomic E-state index is 12.5. The normalized spacial score (nSPS) is 21.2. The van der Waals surface area contributed by atoms with E-state index in [9.17, 15) is 4.79 Å². The molecule has 0 aliphatic heterocycles. The highest BCUT2D eigenvalue weighted by atomic mass is 16.5. The Labute approximate surface area is 155 Å². The number of benzene rings is 2. The van der Waals surface area contributed by atoms with Crippen molar-refractivity contribution in [2.75, 3.05) is 0 Å². The molecule has 0 saturated heterocycles. The summed E-state index contributed by atoms with van der Waals surface area (Å²) in [5.41, 5.74) is 2.16. The molecule has 0 heterocycles. The lowest BCUT2D eigenvalue weighted by molar-refractivity contribution is -0.147. The lowest BCUT2D eigenvalue weighted by Gasteiger charge is -2.09. The van der Waals surface area contributed by atoms with Crippen LogP contribution in [0.1, 0.15) is 33.3 Å². The van der Waals surface area contributed by atoms with Gasteiger partial charge < -0.3 is 9.47 Å². The van der Waals surface area contributed by atoms with Crippen LogP contribution in [0.5, 0.6) is 11.5 Å². The SMILES string of the molecule is CC=C(C)C1C(C(=O)OCc2cccc(Oc3ccccc3)c2)C1(C)C. The van der Waals surface area contributed by atoms with Crippen molar-refractivity contribution in [1.82, 2.24) is 0 Å². The van der Waals surface area contributed by atoms with E-state index in [1.54, 1.807) is 0 Å². The third-order valence-corrected chi connectivity index (χ3v) is 5.29. The number of para-hydroxylation sites is 1. The number of hydrogen-bond donors (Lipinski definition) is 0. The molecule has 0 spiro atoms. The van der Waals surface area contributed by atoms with Gasteiger partial charge in [0, 0.05) is 0 Å². The van der Waals surface area contributed by atoms with Crippen LogP contribution in [0.15, 0.2) is 66.2 Å². The van der Waals surface area contributed by atoms with Crippen LogP contribution in [0.4, 0.5) is 0 Å². The molecule has 2 unspecified atom stereocenters. The Balaban J connectivity index is 1.60. The number of allylic oxidation sites excluding steroid dienone is 2. The summed E-state index contributed by atoms with van der Waals surface area (Å²) in [5.74, 6) is 1.64. The van der Waals surface area contributed by atoms with Crippen molar-refractivity contribution in [3.05, 3.63) is 71.8 Å². The predicted octanol–water partition coefficient (Wildman–Crippen LogP) is 5.76. The monoisotopic (exact) mass is 350 g/mol. The fraction of sp³-hybridized carbons (Fsp3) is 0.348. The van der Waals surface area contributed by atoms with Gasteiger partial charge in [0.2, 0.25) is 0 Å². The van der Waals surface area contributed by atoms with Gasteiger partial charge >= 0.3 is 5.97 Å². The second-order valence-corrected chi connectivity index (χ2v) is 7.48. The molecule has 26 heavy (non-hydrogen) atoms. The highest BCUT2D eigenvalue weighted by Gasteiger charge is 2.62. The van der Waals surface area contributed by atoms with Gasteiger partial charge in [0.1, 0.15) is 18.1 Å². The summed E-state index contributed by atoms with van der Waals surface area (Å²) in [4.78, 5) is 12.5. The van der Waals surface area contributed by atoms with Crippen LogP contribution in [-0.2, 0) is 16.1 Å². The van der Waals surface area contributed by atoms with Gasteiger partial charge in [-0.25, -0.2) is 0 Å². The predicted molar refractivity (Wildman–Crippen MR) is 103 cm³/mol. The second kappa shape index (κ2) is 7.36. The molecule has 0 aromatic heterocycles. The van der Waals surface area contributed by atoms with Crippen molar-refractivity contribution in [1.29, 1.82) is 0 Å². The molecule has 1 aliphatic rings. The van der Waals surface area contributed by atoms with Gasteiger partial charge in [-0.2, -0.15) is 0 Å². The van der Waals surface area contributed by atoms with Crippen molar-refractivity contribution in [2.45, 2.75) is 34.3 Å². The zero-order valence-corrected chi connectivity index (χ0v) is 15.9. The number of carbonyl (C=O) groups is 1. The summed E-state index contributed by atoms with van der Waals surface area (Å²) in [6, 6.07) is 17.3.